The Balaban J connectivity index is 2.19. The van der Waals surface area contributed by atoms with Gasteiger partial charge in [0.2, 0.25) is 5.91 Å². The number of ether oxygens (including phenoxy) is 2. The molecule has 2 unspecified atom stereocenters. The fourth-order valence-corrected chi connectivity index (χ4v) is 4.79. The van der Waals surface area contributed by atoms with Gasteiger partial charge in [-0.1, -0.05) is 47.3 Å². The van der Waals surface area contributed by atoms with Crippen LogP contribution in [0.5, 0.6) is 5.75 Å². The standard InChI is InChI=1S/C20H21BrN2O4S/c1-5-9-27-19(25)16-11(3)22-20-23(18(24)15(6-2)28-20)17(16)13-10-12(21)7-8-14(13)26-4/h5,7-8,10,15,17H,1,6,9H2,2-4H3. The number of amides is 1. The fourth-order valence-electron chi connectivity index (χ4n) is 3.28. The molecule has 1 aromatic rings. The van der Waals surface area contributed by atoms with Crippen LogP contribution in [0.15, 0.2) is 51.6 Å². The molecule has 0 aromatic heterocycles. The van der Waals surface area contributed by atoms with Crippen LogP contribution in [0.4, 0.5) is 0 Å². The molecule has 2 heterocycles. The van der Waals surface area contributed by atoms with Crippen molar-refractivity contribution in [3.63, 3.8) is 0 Å². The number of carbonyl (C=O) groups is 2. The van der Waals surface area contributed by atoms with Crippen molar-refractivity contribution in [3.05, 3.63) is 52.2 Å². The SMILES string of the molecule is C=CCOC(=O)C1=C(C)N=C2SC(CC)C(=O)N2C1c1cc(Br)ccc1OC. The predicted molar refractivity (Wildman–Crippen MR) is 113 cm³/mol. The van der Waals surface area contributed by atoms with E-state index in [9.17, 15) is 9.59 Å². The first kappa shape index (κ1) is 20.7. The molecule has 2 aliphatic heterocycles. The largest absolute Gasteiger partial charge is 0.496 e. The van der Waals surface area contributed by atoms with Crippen LogP contribution in [0, 0.1) is 0 Å². The third-order valence-corrected chi connectivity index (χ3v) is 6.37. The van der Waals surface area contributed by atoms with Gasteiger partial charge in [0, 0.05) is 10.0 Å². The fraction of sp³-hybridized carbons (Fsp3) is 0.350. The van der Waals surface area contributed by atoms with Gasteiger partial charge in [-0.3, -0.25) is 9.69 Å². The summed E-state index contributed by atoms with van der Waals surface area (Å²) in [5, 5.41) is 0.373. The minimum absolute atomic E-state index is 0.0696. The molecule has 2 atom stereocenters. The molecule has 1 saturated heterocycles. The molecule has 1 aromatic carbocycles. The summed E-state index contributed by atoms with van der Waals surface area (Å²) >= 11 is 4.90. The predicted octanol–water partition coefficient (Wildman–Crippen LogP) is 4.23. The van der Waals surface area contributed by atoms with Gasteiger partial charge >= 0.3 is 5.97 Å². The number of esters is 1. The van der Waals surface area contributed by atoms with Crippen LogP contribution in [0.3, 0.4) is 0 Å². The Morgan fingerprint density at radius 2 is 2.21 bits per heavy atom. The maximum atomic E-state index is 13.1. The van der Waals surface area contributed by atoms with Gasteiger partial charge in [0.25, 0.3) is 0 Å². The lowest BCUT2D eigenvalue weighted by molar-refractivity contribution is -0.139. The first-order valence-electron chi connectivity index (χ1n) is 8.83. The van der Waals surface area contributed by atoms with Crippen molar-refractivity contribution in [2.45, 2.75) is 31.6 Å². The van der Waals surface area contributed by atoms with Crippen LogP contribution in [0.2, 0.25) is 0 Å². The van der Waals surface area contributed by atoms with Crippen molar-refractivity contribution in [1.29, 1.82) is 0 Å². The number of methoxy groups -OCH3 is 1. The van der Waals surface area contributed by atoms with Gasteiger partial charge in [-0.05, 0) is 31.5 Å². The average molecular weight is 465 g/mol. The molecule has 1 amide bonds. The lowest BCUT2D eigenvalue weighted by Crippen LogP contribution is -2.41. The molecule has 0 N–H and O–H groups in total. The van der Waals surface area contributed by atoms with E-state index in [1.54, 1.807) is 25.0 Å². The summed E-state index contributed by atoms with van der Waals surface area (Å²) in [6, 6.07) is 4.84. The lowest BCUT2D eigenvalue weighted by Gasteiger charge is -2.33. The Kier molecular flexibility index (Phi) is 6.30. The number of aliphatic imine (C=N–C) groups is 1. The molecular formula is C20H21BrN2O4S. The van der Waals surface area contributed by atoms with Crippen molar-refractivity contribution >= 4 is 44.7 Å². The Morgan fingerprint density at radius 1 is 1.46 bits per heavy atom. The number of hydrogen-bond donors (Lipinski definition) is 0. The first-order chi connectivity index (χ1) is 13.4. The highest BCUT2D eigenvalue weighted by atomic mass is 79.9. The van der Waals surface area contributed by atoms with E-state index < -0.39 is 12.0 Å². The van der Waals surface area contributed by atoms with Crippen LogP contribution in [-0.2, 0) is 14.3 Å². The molecule has 3 rings (SSSR count). The Bertz CT molecular complexity index is 896. The molecule has 6 nitrogen and oxygen atoms in total. The van der Waals surface area contributed by atoms with Gasteiger partial charge in [0.15, 0.2) is 5.17 Å². The second-order valence-electron chi connectivity index (χ2n) is 6.29. The van der Waals surface area contributed by atoms with Crippen molar-refractivity contribution < 1.29 is 19.1 Å². The molecule has 0 bridgehead atoms. The topological polar surface area (TPSA) is 68.2 Å². The summed E-state index contributed by atoms with van der Waals surface area (Å²) in [6.45, 7) is 7.38. The monoisotopic (exact) mass is 464 g/mol. The number of fused-ring (bicyclic) bond motifs is 1. The van der Waals surface area contributed by atoms with E-state index in [0.717, 1.165) is 4.47 Å². The summed E-state index contributed by atoms with van der Waals surface area (Å²) in [5.74, 6) is -0.0150. The van der Waals surface area contributed by atoms with E-state index in [0.29, 0.717) is 34.2 Å². The maximum absolute atomic E-state index is 13.1. The number of hydrogen-bond acceptors (Lipinski definition) is 6. The number of halogens is 1. The van der Waals surface area contributed by atoms with Crippen LogP contribution >= 0.6 is 27.7 Å². The minimum atomic E-state index is -0.672. The van der Waals surface area contributed by atoms with Gasteiger partial charge in [0.05, 0.1) is 23.6 Å². The second-order valence-corrected chi connectivity index (χ2v) is 8.38. The number of amidine groups is 1. The first-order valence-corrected chi connectivity index (χ1v) is 10.5. The highest BCUT2D eigenvalue weighted by molar-refractivity contribution is 9.10. The number of thioether (sulfide) groups is 1. The van der Waals surface area contributed by atoms with Crippen LogP contribution in [0.1, 0.15) is 31.9 Å². The second kappa shape index (κ2) is 8.53. The zero-order valence-corrected chi connectivity index (χ0v) is 18.3. The Hall–Kier alpha value is -2.06. The van der Waals surface area contributed by atoms with E-state index >= 15 is 0 Å². The number of carbonyl (C=O) groups excluding carboxylic acids is 2. The molecule has 28 heavy (non-hydrogen) atoms. The molecule has 0 radical (unpaired) electrons. The van der Waals surface area contributed by atoms with E-state index in [-0.39, 0.29) is 17.8 Å². The van der Waals surface area contributed by atoms with E-state index in [2.05, 4.69) is 27.5 Å². The highest BCUT2D eigenvalue weighted by Crippen LogP contribution is 2.46. The highest BCUT2D eigenvalue weighted by Gasteiger charge is 2.48. The number of nitrogens with zero attached hydrogens (tertiary/aromatic N) is 2. The van der Waals surface area contributed by atoms with Crippen LogP contribution < -0.4 is 4.74 Å². The normalized spacial score (nSPS) is 21.4. The van der Waals surface area contributed by atoms with Crippen molar-refractivity contribution in [1.82, 2.24) is 4.90 Å². The maximum Gasteiger partial charge on any atom is 0.338 e. The average Bonchev–Trinajstić information content (AvgIpc) is 3.00. The van der Waals surface area contributed by atoms with Gasteiger partial charge in [-0.25, -0.2) is 9.79 Å². The summed E-state index contributed by atoms with van der Waals surface area (Å²) in [6.07, 6.45) is 2.18. The molecule has 148 valence electrons. The van der Waals surface area contributed by atoms with E-state index in [1.165, 1.54) is 17.8 Å². The number of allylic oxidation sites excluding steroid dienone is 1. The molecule has 0 spiro atoms. The summed E-state index contributed by atoms with van der Waals surface area (Å²) in [5.41, 5.74) is 1.55. The number of rotatable bonds is 6. The van der Waals surface area contributed by atoms with E-state index in [1.807, 2.05) is 19.1 Å². The quantitative estimate of drug-likeness (QED) is 0.465. The van der Waals surface area contributed by atoms with Crippen molar-refractivity contribution in [2.75, 3.05) is 13.7 Å². The van der Waals surface area contributed by atoms with Crippen molar-refractivity contribution in [2.24, 2.45) is 4.99 Å². The van der Waals surface area contributed by atoms with E-state index in [4.69, 9.17) is 9.47 Å². The summed E-state index contributed by atoms with van der Waals surface area (Å²) in [4.78, 5) is 32.1. The van der Waals surface area contributed by atoms with Gasteiger partial charge in [-0.15, -0.1) is 0 Å². The Labute approximate surface area is 176 Å². The van der Waals surface area contributed by atoms with Crippen LogP contribution in [-0.4, -0.2) is 40.9 Å². The molecule has 1 fully saturated rings. The lowest BCUT2D eigenvalue weighted by atomic mass is 9.93. The Morgan fingerprint density at radius 3 is 2.86 bits per heavy atom. The molecule has 0 aliphatic carbocycles. The van der Waals surface area contributed by atoms with Crippen molar-refractivity contribution in [3.8, 4) is 5.75 Å². The van der Waals surface area contributed by atoms with Gasteiger partial charge in [0.1, 0.15) is 18.4 Å². The molecule has 0 saturated carbocycles. The molecule has 2 aliphatic rings. The minimum Gasteiger partial charge on any atom is -0.496 e. The van der Waals surface area contributed by atoms with Crippen LogP contribution in [0.25, 0.3) is 0 Å². The van der Waals surface area contributed by atoms with Gasteiger partial charge < -0.3 is 9.47 Å². The molecular weight excluding hydrogens is 444 g/mol. The smallest absolute Gasteiger partial charge is 0.338 e. The summed E-state index contributed by atoms with van der Waals surface area (Å²) < 4.78 is 11.7. The third kappa shape index (κ3) is 3.63. The summed E-state index contributed by atoms with van der Waals surface area (Å²) in [7, 11) is 1.56. The number of benzene rings is 1. The molecule has 8 heteroatoms. The third-order valence-electron chi connectivity index (χ3n) is 4.56. The zero-order valence-electron chi connectivity index (χ0n) is 15.9. The zero-order chi connectivity index (χ0) is 20.4. The van der Waals surface area contributed by atoms with Gasteiger partial charge in [-0.2, -0.15) is 0 Å².